The number of benzene rings is 1. The second kappa shape index (κ2) is 7.95. The molecule has 0 radical (unpaired) electrons. The van der Waals surface area contributed by atoms with E-state index in [1.807, 2.05) is 0 Å². The summed E-state index contributed by atoms with van der Waals surface area (Å²) >= 11 is 0. The molecule has 1 N–H and O–H groups in total. The molecule has 1 aromatic rings. The molecule has 1 aliphatic heterocycles. The predicted octanol–water partition coefficient (Wildman–Crippen LogP) is 2.48. The molecule has 1 amide bonds. The van der Waals surface area contributed by atoms with Crippen molar-refractivity contribution in [3.05, 3.63) is 35.6 Å². The van der Waals surface area contributed by atoms with E-state index in [-0.39, 0.29) is 18.6 Å². The number of hydrogen-bond donors (Lipinski definition) is 1. The van der Waals surface area contributed by atoms with Crippen molar-refractivity contribution in [3.63, 3.8) is 0 Å². The van der Waals surface area contributed by atoms with Gasteiger partial charge < -0.3 is 14.8 Å². The van der Waals surface area contributed by atoms with Crippen molar-refractivity contribution in [1.29, 1.82) is 0 Å². The van der Waals surface area contributed by atoms with Crippen molar-refractivity contribution in [2.45, 2.75) is 50.0 Å². The summed E-state index contributed by atoms with van der Waals surface area (Å²) < 4.78 is 24.9. The minimum absolute atomic E-state index is 0.0410. The standard InChI is InChI=1S/C19H24FNO4/c20-16-8-2-1-7-15(16)19(9-3-4-10-19)18(23)25-13-17(22)21-12-14-6-5-11-24-14/h1-2,7-8,14H,3-6,9-13H2,(H,21,22)/t14-/m0/s1. The minimum Gasteiger partial charge on any atom is -0.455 e. The Balaban J connectivity index is 1.58. The Morgan fingerprint density at radius 3 is 2.68 bits per heavy atom. The largest absolute Gasteiger partial charge is 0.455 e. The van der Waals surface area contributed by atoms with Gasteiger partial charge in [-0.1, -0.05) is 31.0 Å². The van der Waals surface area contributed by atoms with Crippen molar-refractivity contribution in [2.24, 2.45) is 0 Å². The highest BCUT2D eigenvalue weighted by atomic mass is 19.1. The van der Waals surface area contributed by atoms with E-state index in [0.29, 0.717) is 24.9 Å². The van der Waals surface area contributed by atoms with E-state index in [2.05, 4.69) is 5.32 Å². The third-order valence-corrected chi connectivity index (χ3v) is 5.12. The number of ether oxygens (including phenoxy) is 2. The lowest BCUT2D eigenvalue weighted by Crippen LogP contribution is -2.39. The van der Waals surface area contributed by atoms with Crippen molar-refractivity contribution in [2.75, 3.05) is 19.8 Å². The summed E-state index contributed by atoms with van der Waals surface area (Å²) in [6.45, 7) is 0.803. The van der Waals surface area contributed by atoms with E-state index < -0.39 is 17.2 Å². The normalized spacial score (nSPS) is 21.9. The van der Waals surface area contributed by atoms with E-state index in [1.54, 1.807) is 18.2 Å². The third-order valence-electron chi connectivity index (χ3n) is 5.12. The van der Waals surface area contributed by atoms with Crippen LogP contribution < -0.4 is 5.32 Å². The van der Waals surface area contributed by atoms with Crippen molar-refractivity contribution in [1.82, 2.24) is 5.32 Å². The number of rotatable bonds is 6. The molecule has 0 unspecified atom stereocenters. The summed E-state index contributed by atoms with van der Waals surface area (Å²) in [5.41, 5.74) is -0.600. The van der Waals surface area contributed by atoms with Crippen LogP contribution in [0.4, 0.5) is 4.39 Å². The van der Waals surface area contributed by atoms with Gasteiger partial charge >= 0.3 is 5.97 Å². The van der Waals surface area contributed by atoms with Crippen LogP contribution in [0.2, 0.25) is 0 Å². The van der Waals surface area contributed by atoms with Crippen LogP contribution in [0.5, 0.6) is 0 Å². The second-order valence-electron chi connectivity index (χ2n) is 6.78. The van der Waals surface area contributed by atoms with Crippen LogP contribution in [0.15, 0.2) is 24.3 Å². The van der Waals surface area contributed by atoms with Gasteiger partial charge in [0.2, 0.25) is 0 Å². The molecule has 1 atom stereocenters. The Morgan fingerprint density at radius 1 is 1.24 bits per heavy atom. The van der Waals surface area contributed by atoms with Gasteiger partial charge in [0, 0.05) is 18.7 Å². The highest BCUT2D eigenvalue weighted by molar-refractivity contribution is 5.86. The van der Waals surface area contributed by atoms with Gasteiger partial charge in [0.05, 0.1) is 11.5 Å². The van der Waals surface area contributed by atoms with Crippen molar-refractivity contribution >= 4 is 11.9 Å². The lowest BCUT2D eigenvalue weighted by atomic mass is 9.78. The first-order valence-corrected chi connectivity index (χ1v) is 8.92. The van der Waals surface area contributed by atoms with Gasteiger partial charge in [-0.25, -0.2) is 4.39 Å². The monoisotopic (exact) mass is 349 g/mol. The summed E-state index contributed by atoms with van der Waals surface area (Å²) in [5.74, 6) is -1.27. The van der Waals surface area contributed by atoms with Crippen LogP contribution in [0.1, 0.15) is 44.1 Å². The van der Waals surface area contributed by atoms with Gasteiger partial charge in [-0.15, -0.1) is 0 Å². The molecule has 1 aliphatic carbocycles. The van der Waals surface area contributed by atoms with Crippen LogP contribution in [-0.2, 0) is 24.5 Å². The molecule has 2 fully saturated rings. The van der Waals surface area contributed by atoms with Crippen molar-refractivity contribution in [3.8, 4) is 0 Å². The lowest BCUT2D eigenvalue weighted by Gasteiger charge is -2.27. The zero-order valence-corrected chi connectivity index (χ0v) is 14.3. The number of esters is 1. The summed E-state index contributed by atoms with van der Waals surface area (Å²) in [5, 5.41) is 2.72. The van der Waals surface area contributed by atoms with Gasteiger partial charge in [-0.2, -0.15) is 0 Å². The summed E-state index contributed by atoms with van der Waals surface area (Å²) in [4.78, 5) is 24.6. The predicted molar refractivity (Wildman–Crippen MR) is 89.5 cm³/mol. The van der Waals surface area contributed by atoms with Gasteiger partial charge in [0.25, 0.3) is 5.91 Å². The molecule has 5 nitrogen and oxygen atoms in total. The minimum atomic E-state index is -0.972. The molecule has 1 saturated heterocycles. The molecule has 6 heteroatoms. The van der Waals surface area contributed by atoms with Gasteiger partial charge in [0.15, 0.2) is 6.61 Å². The van der Waals surface area contributed by atoms with E-state index in [4.69, 9.17) is 9.47 Å². The molecular formula is C19H24FNO4. The molecule has 1 saturated carbocycles. The fourth-order valence-corrected chi connectivity index (χ4v) is 3.76. The second-order valence-corrected chi connectivity index (χ2v) is 6.78. The van der Waals surface area contributed by atoms with Crippen LogP contribution in [0, 0.1) is 5.82 Å². The maximum absolute atomic E-state index is 14.2. The van der Waals surface area contributed by atoms with Crippen LogP contribution >= 0.6 is 0 Å². The maximum atomic E-state index is 14.2. The number of hydrogen-bond acceptors (Lipinski definition) is 4. The first-order chi connectivity index (χ1) is 12.1. The molecule has 3 rings (SSSR count). The number of amides is 1. The summed E-state index contributed by atoms with van der Waals surface area (Å²) in [6, 6.07) is 6.32. The molecule has 0 spiro atoms. The van der Waals surface area contributed by atoms with Crippen LogP contribution in [0.3, 0.4) is 0 Å². The van der Waals surface area contributed by atoms with Crippen LogP contribution in [0.25, 0.3) is 0 Å². The van der Waals surface area contributed by atoms with Gasteiger partial charge in [-0.3, -0.25) is 9.59 Å². The zero-order valence-electron chi connectivity index (χ0n) is 14.3. The average Bonchev–Trinajstić information content (AvgIpc) is 3.30. The van der Waals surface area contributed by atoms with E-state index in [0.717, 1.165) is 32.3 Å². The average molecular weight is 349 g/mol. The quantitative estimate of drug-likeness (QED) is 0.802. The number of halogens is 1. The Morgan fingerprint density at radius 2 is 2.00 bits per heavy atom. The van der Waals surface area contributed by atoms with Crippen molar-refractivity contribution < 1.29 is 23.5 Å². The maximum Gasteiger partial charge on any atom is 0.317 e. The Kier molecular flexibility index (Phi) is 5.68. The number of carbonyl (C=O) groups is 2. The molecule has 136 valence electrons. The molecule has 1 aromatic carbocycles. The Bertz CT molecular complexity index is 622. The Labute approximate surface area is 146 Å². The first kappa shape index (κ1) is 17.9. The highest BCUT2D eigenvalue weighted by Gasteiger charge is 2.45. The molecular weight excluding hydrogens is 325 g/mol. The van der Waals surface area contributed by atoms with E-state index in [9.17, 15) is 14.0 Å². The molecule has 0 bridgehead atoms. The summed E-state index contributed by atoms with van der Waals surface area (Å²) in [7, 11) is 0. The lowest BCUT2D eigenvalue weighted by molar-refractivity contribution is -0.154. The van der Waals surface area contributed by atoms with E-state index in [1.165, 1.54) is 6.07 Å². The molecule has 2 aliphatic rings. The molecule has 0 aromatic heterocycles. The number of carbonyl (C=O) groups excluding carboxylic acids is 2. The molecule has 25 heavy (non-hydrogen) atoms. The Hall–Kier alpha value is -1.95. The zero-order chi connectivity index (χ0) is 17.7. The highest BCUT2D eigenvalue weighted by Crippen LogP contribution is 2.43. The smallest absolute Gasteiger partial charge is 0.317 e. The van der Waals surface area contributed by atoms with Crippen LogP contribution in [-0.4, -0.2) is 37.7 Å². The van der Waals surface area contributed by atoms with Gasteiger partial charge in [0.1, 0.15) is 5.82 Å². The molecule has 1 heterocycles. The topological polar surface area (TPSA) is 64.6 Å². The third kappa shape index (κ3) is 4.00. The van der Waals surface area contributed by atoms with E-state index >= 15 is 0 Å². The fraction of sp³-hybridized carbons (Fsp3) is 0.579. The number of nitrogens with one attached hydrogen (secondary N) is 1. The SMILES string of the molecule is O=C(COC(=O)C1(c2ccccc2F)CCCC1)NC[C@@H]1CCCO1. The fourth-order valence-electron chi connectivity index (χ4n) is 3.76. The van der Waals surface area contributed by atoms with Gasteiger partial charge in [-0.05, 0) is 31.7 Å². The first-order valence-electron chi connectivity index (χ1n) is 8.92. The summed E-state index contributed by atoms with van der Waals surface area (Å²) in [6.07, 6.45) is 4.74.